The predicted molar refractivity (Wildman–Crippen MR) is 85.9 cm³/mol. The van der Waals surface area contributed by atoms with Gasteiger partial charge in [-0.2, -0.15) is 0 Å². The number of nitrogens with zero attached hydrogens (tertiary/aromatic N) is 1. The summed E-state index contributed by atoms with van der Waals surface area (Å²) in [7, 11) is 0. The minimum Gasteiger partial charge on any atom is -0.294 e. The first kappa shape index (κ1) is 13.5. The van der Waals surface area contributed by atoms with Crippen LogP contribution in [-0.4, -0.2) is 10.8 Å². The summed E-state index contributed by atoms with van der Waals surface area (Å²) in [4.78, 5) is 18.2. The number of Topliss-reactive ketones (excluding diaryl/α,β-unsaturated/α-hetero) is 1. The van der Waals surface area contributed by atoms with Gasteiger partial charge < -0.3 is 0 Å². The van der Waals surface area contributed by atoms with Gasteiger partial charge in [0.25, 0.3) is 0 Å². The third kappa shape index (κ3) is 2.54. The third-order valence-corrected chi connectivity index (χ3v) is 5.13. The van der Waals surface area contributed by atoms with Crippen molar-refractivity contribution < 1.29 is 4.79 Å². The van der Waals surface area contributed by atoms with Crippen LogP contribution in [0.4, 0.5) is 0 Å². The first-order valence-corrected chi connectivity index (χ1v) is 8.04. The Morgan fingerprint density at radius 2 is 1.95 bits per heavy atom. The van der Waals surface area contributed by atoms with E-state index in [0.29, 0.717) is 9.90 Å². The number of benzene rings is 1. The zero-order valence-electron chi connectivity index (χ0n) is 10.6. The summed E-state index contributed by atoms with van der Waals surface area (Å²) in [5.41, 5.74) is 1.76. The quantitative estimate of drug-likeness (QED) is 0.605. The van der Waals surface area contributed by atoms with Gasteiger partial charge in [0, 0.05) is 17.5 Å². The molecular formula is C15H10ClNOS2. The maximum absolute atomic E-state index is 11.8. The van der Waals surface area contributed by atoms with E-state index in [4.69, 9.17) is 11.6 Å². The molecule has 0 aliphatic heterocycles. The molecule has 2 nitrogen and oxygen atoms in total. The molecule has 0 radical (unpaired) electrons. The largest absolute Gasteiger partial charge is 0.294 e. The number of carbonyl (C=O) groups is 1. The molecule has 2 heterocycles. The Hall–Kier alpha value is -1.49. The lowest BCUT2D eigenvalue weighted by Crippen LogP contribution is -1.89. The van der Waals surface area contributed by atoms with Crippen molar-refractivity contribution in [2.75, 3.05) is 0 Å². The Morgan fingerprint density at radius 1 is 1.20 bits per heavy atom. The van der Waals surface area contributed by atoms with Gasteiger partial charge in [-0.15, -0.1) is 22.7 Å². The molecule has 0 spiro atoms. The van der Waals surface area contributed by atoms with E-state index < -0.39 is 0 Å². The Morgan fingerprint density at radius 3 is 2.55 bits per heavy atom. The molecule has 0 fully saturated rings. The fourth-order valence-corrected chi connectivity index (χ4v) is 3.75. The van der Waals surface area contributed by atoms with Crippen molar-refractivity contribution in [2.45, 2.75) is 6.92 Å². The van der Waals surface area contributed by atoms with Crippen molar-refractivity contribution in [2.24, 2.45) is 0 Å². The minimum absolute atomic E-state index is 0.0473. The molecule has 0 aliphatic rings. The van der Waals surface area contributed by atoms with Gasteiger partial charge >= 0.3 is 0 Å². The molecule has 3 rings (SSSR count). The zero-order chi connectivity index (χ0) is 14.1. The Balaban J connectivity index is 2.12. The maximum Gasteiger partial charge on any atom is 0.172 e. The van der Waals surface area contributed by atoms with E-state index in [0.717, 1.165) is 21.1 Å². The fourth-order valence-electron chi connectivity index (χ4n) is 1.85. The number of aromatic nitrogens is 1. The molecule has 0 saturated heterocycles. The highest BCUT2D eigenvalue weighted by atomic mass is 35.5. The first-order valence-electron chi connectivity index (χ1n) is 5.97. The summed E-state index contributed by atoms with van der Waals surface area (Å²) < 4.78 is 0. The van der Waals surface area contributed by atoms with Gasteiger partial charge in [0.2, 0.25) is 0 Å². The fraction of sp³-hybridized carbons (Fsp3) is 0.0667. The Bertz CT molecular complexity index is 745. The van der Waals surface area contributed by atoms with Crippen molar-refractivity contribution in [3.8, 4) is 21.1 Å². The molecule has 0 atom stereocenters. The van der Waals surface area contributed by atoms with Crippen LogP contribution < -0.4 is 0 Å². The second-order valence-electron chi connectivity index (χ2n) is 4.24. The van der Waals surface area contributed by atoms with Crippen LogP contribution >= 0.6 is 34.3 Å². The Labute approximate surface area is 129 Å². The molecule has 100 valence electrons. The van der Waals surface area contributed by atoms with Crippen LogP contribution in [0.15, 0.2) is 41.8 Å². The first-order chi connectivity index (χ1) is 9.65. The van der Waals surface area contributed by atoms with Crippen molar-refractivity contribution in [1.82, 2.24) is 4.98 Å². The normalized spacial score (nSPS) is 10.7. The number of hydrogen-bond acceptors (Lipinski definition) is 4. The monoisotopic (exact) mass is 319 g/mol. The van der Waals surface area contributed by atoms with E-state index in [9.17, 15) is 4.79 Å². The van der Waals surface area contributed by atoms with Crippen LogP contribution in [0.2, 0.25) is 5.02 Å². The molecule has 5 heteroatoms. The number of thiophene rings is 1. The van der Waals surface area contributed by atoms with E-state index in [1.54, 1.807) is 18.3 Å². The van der Waals surface area contributed by atoms with Crippen LogP contribution in [0.1, 0.15) is 16.6 Å². The van der Waals surface area contributed by atoms with E-state index in [1.807, 2.05) is 41.8 Å². The summed E-state index contributed by atoms with van der Waals surface area (Å²) in [6, 6.07) is 11.4. The average molecular weight is 320 g/mol. The number of carbonyl (C=O) groups excluding carboxylic acids is 1. The Kier molecular flexibility index (Phi) is 3.70. The van der Waals surface area contributed by atoms with Crippen LogP contribution in [-0.2, 0) is 0 Å². The SMILES string of the molecule is CC(=O)c1sc(-c2ccc(Cl)cc2)nc1-c1cccs1. The molecular weight excluding hydrogens is 310 g/mol. The number of halogens is 1. The second-order valence-corrected chi connectivity index (χ2v) is 6.62. The standard InChI is InChI=1S/C15H10ClNOS2/c1-9(18)14-13(12-3-2-8-19-12)17-15(20-14)10-4-6-11(16)7-5-10/h2-8H,1H3. The number of ketones is 1. The van der Waals surface area contributed by atoms with Gasteiger partial charge in [0.1, 0.15) is 10.7 Å². The van der Waals surface area contributed by atoms with Gasteiger partial charge in [0.05, 0.1) is 9.75 Å². The average Bonchev–Trinajstić information content (AvgIpc) is 3.08. The number of thiazole rings is 1. The van der Waals surface area contributed by atoms with Gasteiger partial charge in [-0.05, 0) is 23.6 Å². The van der Waals surface area contributed by atoms with Crippen LogP contribution in [0.25, 0.3) is 21.1 Å². The van der Waals surface area contributed by atoms with Gasteiger partial charge in [-0.1, -0.05) is 29.8 Å². The van der Waals surface area contributed by atoms with E-state index in [2.05, 4.69) is 4.98 Å². The third-order valence-electron chi connectivity index (χ3n) is 2.79. The zero-order valence-corrected chi connectivity index (χ0v) is 13.0. The lowest BCUT2D eigenvalue weighted by atomic mass is 10.2. The van der Waals surface area contributed by atoms with E-state index >= 15 is 0 Å². The molecule has 20 heavy (non-hydrogen) atoms. The van der Waals surface area contributed by atoms with Crippen molar-refractivity contribution in [1.29, 1.82) is 0 Å². The highest BCUT2D eigenvalue weighted by molar-refractivity contribution is 7.18. The van der Waals surface area contributed by atoms with Crippen LogP contribution in [0, 0.1) is 0 Å². The molecule has 2 aromatic heterocycles. The molecule has 0 amide bonds. The summed E-state index contributed by atoms with van der Waals surface area (Å²) >= 11 is 8.91. The second kappa shape index (κ2) is 5.48. The van der Waals surface area contributed by atoms with E-state index in [1.165, 1.54) is 11.3 Å². The smallest absolute Gasteiger partial charge is 0.172 e. The van der Waals surface area contributed by atoms with Crippen LogP contribution in [0.3, 0.4) is 0 Å². The highest BCUT2D eigenvalue weighted by Crippen LogP contribution is 2.36. The summed E-state index contributed by atoms with van der Waals surface area (Å²) in [6.07, 6.45) is 0. The highest BCUT2D eigenvalue weighted by Gasteiger charge is 2.18. The lowest BCUT2D eigenvalue weighted by molar-refractivity contribution is 0.102. The van der Waals surface area contributed by atoms with Crippen LogP contribution in [0.5, 0.6) is 0 Å². The molecule has 0 aliphatic carbocycles. The van der Waals surface area contributed by atoms with Gasteiger partial charge in [0.15, 0.2) is 5.78 Å². The minimum atomic E-state index is 0.0473. The molecule has 0 saturated carbocycles. The van der Waals surface area contributed by atoms with Gasteiger partial charge in [-0.3, -0.25) is 4.79 Å². The molecule has 3 aromatic rings. The number of hydrogen-bond donors (Lipinski definition) is 0. The summed E-state index contributed by atoms with van der Waals surface area (Å²) in [6.45, 7) is 1.58. The molecule has 1 aromatic carbocycles. The van der Waals surface area contributed by atoms with Gasteiger partial charge in [-0.25, -0.2) is 4.98 Å². The summed E-state index contributed by atoms with van der Waals surface area (Å²) in [5.74, 6) is 0.0473. The van der Waals surface area contributed by atoms with Crippen molar-refractivity contribution in [3.63, 3.8) is 0 Å². The topological polar surface area (TPSA) is 30.0 Å². The van der Waals surface area contributed by atoms with Crippen molar-refractivity contribution in [3.05, 3.63) is 51.7 Å². The lowest BCUT2D eigenvalue weighted by Gasteiger charge is -1.95. The number of rotatable bonds is 3. The molecule has 0 N–H and O–H groups in total. The predicted octanol–water partition coefficient (Wildman–Crippen LogP) is 5.39. The van der Waals surface area contributed by atoms with E-state index in [-0.39, 0.29) is 5.78 Å². The van der Waals surface area contributed by atoms with Crippen molar-refractivity contribution >= 4 is 40.1 Å². The molecule has 0 unspecified atom stereocenters. The summed E-state index contributed by atoms with van der Waals surface area (Å²) in [5, 5.41) is 3.52. The maximum atomic E-state index is 11.8. The molecule has 0 bridgehead atoms.